The number of hydrogen-bond acceptors (Lipinski definition) is 3. The van der Waals surface area contributed by atoms with E-state index in [9.17, 15) is 0 Å². The van der Waals surface area contributed by atoms with E-state index in [0.717, 1.165) is 31.6 Å². The lowest BCUT2D eigenvalue weighted by molar-refractivity contribution is -0.122. The minimum Gasteiger partial charge on any atom is -0.404 e. The number of rotatable bonds is 3. The molecule has 19 heavy (non-hydrogen) atoms. The molecule has 4 atom stereocenters. The highest BCUT2D eigenvalue weighted by Crippen LogP contribution is 2.58. The first-order chi connectivity index (χ1) is 8.82. The Morgan fingerprint density at radius 1 is 1.37 bits per heavy atom. The normalized spacial score (nSPS) is 41.7. The highest BCUT2D eigenvalue weighted by molar-refractivity contribution is 6.47. The number of hydrogen-bond donors (Lipinski definition) is 1. The lowest BCUT2D eigenvalue weighted by Gasteiger charge is -2.55. The molecule has 0 aromatic rings. The van der Waals surface area contributed by atoms with Crippen molar-refractivity contribution in [2.24, 2.45) is 23.0 Å². The monoisotopic (exact) mass is 265 g/mol. The van der Waals surface area contributed by atoms with Crippen LogP contribution in [0.5, 0.6) is 0 Å². The van der Waals surface area contributed by atoms with Gasteiger partial charge in [-0.3, -0.25) is 0 Å². The summed E-state index contributed by atoms with van der Waals surface area (Å²) in [6.45, 7) is 9.18. The van der Waals surface area contributed by atoms with Gasteiger partial charge in [-0.1, -0.05) is 27.7 Å². The third-order valence-electron chi connectivity index (χ3n) is 5.60. The minimum atomic E-state index is -0.181. The van der Waals surface area contributed by atoms with Crippen LogP contribution in [0.25, 0.3) is 0 Å². The first kappa shape index (κ1) is 13.9. The van der Waals surface area contributed by atoms with Gasteiger partial charge in [-0.2, -0.15) is 0 Å². The summed E-state index contributed by atoms with van der Waals surface area (Å²) in [5, 5.41) is 0. The van der Waals surface area contributed by atoms with Crippen molar-refractivity contribution >= 4 is 7.12 Å². The highest BCUT2D eigenvalue weighted by Gasteiger charge is 2.62. The second kappa shape index (κ2) is 4.47. The maximum atomic E-state index is 6.39. The Kier molecular flexibility index (Phi) is 3.27. The molecule has 4 fully saturated rings. The van der Waals surface area contributed by atoms with Gasteiger partial charge < -0.3 is 15.0 Å². The van der Waals surface area contributed by atoms with E-state index >= 15 is 0 Å². The van der Waals surface area contributed by atoms with Crippen LogP contribution in [0.3, 0.4) is 0 Å². The summed E-state index contributed by atoms with van der Waals surface area (Å²) in [6, 6.07) is 0. The molecule has 3 aliphatic carbocycles. The van der Waals surface area contributed by atoms with E-state index < -0.39 is 0 Å². The topological polar surface area (TPSA) is 44.5 Å². The van der Waals surface area contributed by atoms with Crippen molar-refractivity contribution in [2.45, 2.75) is 77.4 Å². The molecule has 0 radical (unpaired) electrons. The molecular formula is C15H28BNO2. The van der Waals surface area contributed by atoms with Gasteiger partial charge in [-0.15, -0.1) is 0 Å². The minimum absolute atomic E-state index is 0.0159. The van der Waals surface area contributed by atoms with E-state index in [-0.39, 0.29) is 18.7 Å². The average molecular weight is 265 g/mol. The first-order valence-corrected chi connectivity index (χ1v) is 7.91. The molecule has 3 saturated carbocycles. The van der Waals surface area contributed by atoms with Gasteiger partial charge in [-0.25, -0.2) is 0 Å². The zero-order valence-corrected chi connectivity index (χ0v) is 12.8. The molecule has 1 spiro atoms. The van der Waals surface area contributed by atoms with Crippen molar-refractivity contribution in [1.82, 2.24) is 0 Å². The maximum Gasteiger partial charge on any atom is 0.475 e. The Hall–Kier alpha value is -0.0551. The Balaban J connectivity index is 1.73. The van der Waals surface area contributed by atoms with Gasteiger partial charge in [-0.05, 0) is 49.4 Å². The molecule has 2 unspecified atom stereocenters. The zero-order valence-electron chi connectivity index (χ0n) is 12.8. The standard InChI is InChI=1S/C15H28BNO2/c1-10(2)7-13(17)16-18-12-8-11-5-6-15(12,19-16)9-14(11,3)4/h10-13H,5-9,17H2,1-4H3/t11?,12?,13-,15-/m0/s1. The molecular weight excluding hydrogens is 237 g/mol. The van der Waals surface area contributed by atoms with E-state index in [0.29, 0.717) is 17.4 Å². The summed E-state index contributed by atoms with van der Waals surface area (Å²) in [5.41, 5.74) is 6.65. The van der Waals surface area contributed by atoms with Crippen LogP contribution in [0.15, 0.2) is 0 Å². The molecule has 4 rings (SSSR count). The number of fused-ring (bicyclic) bond motifs is 2. The van der Waals surface area contributed by atoms with Gasteiger partial charge in [0.2, 0.25) is 0 Å². The Morgan fingerprint density at radius 3 is 2.74 bits per heavy atom. The second-order valence-electron chi connectivity index (χ2n) is 8.11. The molecule has 3 nitrogen and oxygen atoms in total. The summed E-state index contributed by atoms with van der Waals surface area (Å²) in [7, 11) is -0.181. The quantitative estimate of drug-likeness (QED) is 0.798. The zero-order chi connectivity index (χ0) is 13.8. The molecule has 0 aromatic carbocycles. The van der Waals surface area contributed by atoms with Gasteiger partial charge in [0.05, 0.1) is 11.7 Å². The largest absolute Gasteiger partial charge is 0.475 e. The average Bonchev–Trinajstić information content (AvgIpc) is 2.64. The van der Waals surface area contributed by atoms with Crippen LogP contribution >= 0.6 is 0 Å². The van der Waals surface area contributed by atoms with Crippen molar-refractivity contribution < 1.29 is 9.31 Å². The van der Waals surface area contributed by atoms with E-state index in [1.54, 1.807) is 0 Å². The van der Waals surface area contributed by atoms with Crippen LogP contribution in [0, 0.1) is 17.3 Å². The Labute approximate surface area is 117 Å². The van der Waals surface area contributed by atoms with Crippen molar-refractivity contribution in [3.05, 3.63) is 0 Å². The van der Waals surface area contributed by atoms with Crippen molar-refractivity contribution in [3.63, 3.8) is 0 Å². The SMILES string of the molecule is CC(C)C[C@H](N)B1OC2CC3CC[C@@]2(CC3(C)C)O1. The van der Waals surface area contributed by atoms with Gasteiger partial charge in [0.1, 0.15) is 0 Å². The van der Waals surface area contributed by atoms with Gasteiger partial charge in [0.15, 0.2) is 0 Å². The fraction of sp³-hybridized carbons (Fsp3) is 1.00. The molecule has 2 bridgehead atoms. The fourth-order valence-corrected chi connectivity index (χ4v) is 4.62. The smallest absolute Gasteiger partial charge is 0.404 e. The predicted octanol–water partition coefficient (Wildman–Crippen LogP) is 2.77. The van der Waals surface area contributed by atoms with Gasteiger partial charge >= 0.3 is 7.12 Å². The highest BCUT2D eigenvalue weighted by atomic mass is 16.7. The Morgan fingerprint density at radius 2 is 2.11 bits per heavy atom. The Bertz CT molecular complexity index is 360. The fourth-order valence-electron chi connectivity index (χ4n) is 4.62. The molecule has 2 N–H and O–H groups in total. The van der Waals surface area contributed by atoms with E-state index in [2.05, 4.69) is 27.7 Å². The summed E-state index contributed by atoms with van der Waals surface area (Å²) in [4.78, 5) is 0. The summed E-state index contributed by atoms with van der Waals surface area (Å²) >= 11 is 0. The lowest BCUT2D eigenvalue weighted by Crippen LogP contribution is -2.56. The van der Waals surface area contributed by atoms with Crippen LogP contribution in [-0.4, -0.2) is 24.8 Å². The first-order valence-electron chi connectivity index (χ1n) is 7.91. The van der Waals surface area contributed by atoms with E-state index in [4.69, 9.17) is 15.0 Å². The van der Waals surface area contributed by atoms with E-state index in [1.807, 2.05) is 0 Å². The van der Waals surface area contributed by atoms with Crippen LogP contribution in [0.2, 0.25) is 0 Å². The predicted molar refractivity (Wildman–Crippen MR) is 77.6 cm³/mol. The lowest BCUT2D eigenvalue weighted by atomic mass is 9.54. The van der Waals surface area contributed by atoms with Crippen LogP contribution in [-0.2, 0) is 9.31 Å². The molecule has 1 aliphatic heterocycles. The van der Waals surface area contributed by atoms with Crippen molar-refractivity contribution in [3.8, 4) is 0 Å². The number of nitrogens with two attached hydrogens (primary N) is 1. The molecule has 4 heteroatoms. The van der Waals surface area contributed by atoms with Crippen LogP contribution < -0.4 is 5.73 Å². The van der Waals surface area contributed by atoms with Crippen molar-refractivity contribution in [1.29, 1.82) is 0 Å². The van der Waals surface area contributed by atoms with Crippen LogP contribution in [0.4, 0.5) is 0 Å². The molecule has 108 valence electrons. The molecule has 0 aromatic heterocycles. The van der Waals surface area contributed by atoms with E-state index in [1.165, 1.54) is 6.42 Å². The van der Waals surface area contributed by atoms with Gasteiger partial charge in [0, 0.05) is 5.94 Å². The summed E-state index contributed by atoms with van der Waals surface area (Å²) in [6.07, 6.45) is 6.02. The molecule has 4 aliphatic rings. The summed E-state index contributed by atoms with van der Waals surface area (Å²) in [5.74, 6) is 1.40. The van der Waals surface area contributed by atoms with Gasteiger partial charge in [0.25, 0.3) is 0 Å². The van der Waals surface area contributed by atoms with Crippen molar-refractivity contribution in [2.75, 3.05) is 0 Å². The summed E-state index contributed by atoms with van der Waals surface area (Å²) < 4.78 is 12.6. The molecule has 1 saturated heterocycles. The molecule has 0 amide bonds. The molecule has 1 heterocycles. The third kappa shape index (κ3) is 2.26. The third-order valence-corrected chi connectivity index (χ3v) is 5.60. The second-order valence-corrected chi connectivity index (χ2v) is 8.11. The maximum absolute atomic E-state index is 6.39. The van der Waals surface area contributed by atoms with Crippen LogP contribution in [0.1, 0.15) is 59.8 Å².